The zero-order chi connectivity index (χ0) is 7.11. The second-order valence-corrected chi connectivity index (χ2v) is 1.94. The highest BCUT2D eigenvalue weighted by Gasteiger charge is 1.95. The van der Waals surface area contributed by atoms with Crippen LogP contribution in [0, 0.1) is 0 Å². The van der Waals surface area contributed by atoms with Crippen molar-refractivity contribution >= 4 is 0 Å². The largest absolute Gasteiger partial charge is 0.380 e. The molecule has 2 nitrogen and oxygen atoms in total. The van der Waals surface area contributed by atoms with E-state index < -0.39 is 0 Å². The van der Waals surface area contributed by atoms with E-state index >= 15 is 0 Å². The third-order valence-corrected chi connectivity index (χ3v) is 1.11. The van der Waals surface area contributed by atoms with Crippen LogP contribution < -0.4 is 5.32 Å². The molecule has 9 heavy (non-hydrogen) atoms. The smallest absolute Gasteiger partial charge is 0.102 e. The van der Waals surface area contributed by atoms with Gasteiger partial charge >= 0.3 is 0 Å². The summed E-state index contributed by atoms with van der Waals surface area (Å²) in [6.07, 6.45) is 0.177. The minimum Gasteiger partial charge on any atom is -0.380 e. The summed E-state index contributed by atoms with van der Waals surface area (Å²) in [5.41, 5.74) is 0. The standard InChI is InChI=1S/C6H14FNO/c1-6(9-2)5-8-4-3-7/h6,8H,3-5H2,1-2H3. The lowest BCUT2D eigenvalue weighted by molar-refractivity contribution is 0.117. The van der Waals surface area contributed by atoms with Crippen molar-refractivity contribution in [3.05, 3.63) is 0 Å². The molecule has 0 amide bonds. The van der Waals surface area contributed by atoms with Crippen LogP contribution in [-0.4, -0.2) is 33.0 Å². The zero-order valence-electron chi connectivity index (χ0n) is 5.98. The molecule has 0 fully saturated rings. The van der Waals surface area contributed by atoms with E-state index in [0.29, 0.717) is 6.54 Å². The number of methoxy groups -OCH3 is 1. The first-order valence-electron chi connectivity index (χ1n) is 3.10. The summed E-state index contributed by atoms with van der Waals surface area (Å²) in [6, 6.07) is 0. The lowest BCUT2D eigenvalue weighted by Gasteiger charge is -2.08. The van der Waals surface area contributed by atoms with Crippen molar-refractivity contribution in [3.8, 4) is 0 Å². The molecule has 0 saturated heterocycles. The molecule has 0 aromatic heterocycles. The van der Waals surface area contributed by atoms with Gasteiger partial charge in [0.2, 0.25) is 0 Å². The molecule has 56 valence electrons. The molecule has 0 rings (SSSR count). The number of nitrogens with one attached hydrogen (secondary N) is 1. The van der Waals surface area contributed by atoms with Crippen LogP contribution in [0.25, 0.3) is 0 Å². The van der Waals surface area contributed by atoms with Gasteiger partial charge in [-0.25, -0.2) is 4.39 Å². The Morgan fingerprint density at radius 2 is 2.33 bits per heavy atom. The van der Waals surface area contributed by atoms with Crippen LogP contribution in [-0.2, 0) is 4.74 Å². The van der Waals surface area contributed by atoms with E-state index in [4.69, 9.17) is 4.74 Å². The van der Waals surface area contributed by atoms with Crippen molar-refractivity contribution in [3.63, 3.8) is 0 Å². The first-order chi connectivity index (χ1) is 4.31. The highest BCUT2D eigenvalue weighted by atomic mass is 19.1. The monoisotopic (exact) mass is 135 g/mol. The van der Waals surface area contributed by atoms with Crippen LogP contribution in [0.4, 0.5) is 4.39 Å². The molecule has 0 aliphatic heterocycles. The fraction of sp³-hybridized carbons (Fsp3) is 1.00. The van der Waals surface area contributed by atoms with Gasteiger partial charge in [0, 0.05) is 20.2 Å². The van der Waals surface area contributed by atoms with Gasteiger partial charge in [-0.1, -0.05) is 0 Å². The molecule has 0 spiro atoms. The number of halogens is 1. The van der Waals surface area contributed by atoms with Gasteiger partial charge in [0.1, 0.15) is 6.67 Å². The van der Waals surface area contributed by atoms with Crippen molar-refractivity contribution in [2.24, 2.45) is 0 Å². The minimum atomic E-state index is -0.309. The zero-order valence-corrected chi connectivity index (χ0v) is 5.98. The van der Waals surface area contributed by atoms with Gasteiger partial charge in [0.15, 0.2) is 0 Å². The topological polar surface area (TPSA) is 21.3 Å². The summed E-state index contributed by atoms with van der Waals surface area (Å²) in [5, 5.41) is 2.89. The van der Waals surface area contributed by atoms with Gasteiger partial charge in [-0.05, 0) is 6.92 Å². The Bertz CT molecular complexity index is 61.0. The van der Waals surface area contributed by atoms with Gasteiger partial charge in [-0.2, -0.15) is 0 Å². The predicted octanol–water partition coefficient (Wildman–Crippen LogP) is 0.580. The molecule has 0 heterocycles. The Morgan fingerprint density at radius 1 is 1.67 bits per heavy atom. The second-order valence-electron chi connectivity index (χ2n) is 1.94. The van der Waals surface area contributed by atoms with E-state index in [9.17, 15) is 4.39 Å². The van der Waals surface area contributed by atoms with E-state index in [0.717, 1.165) is 6.54 Å². The molecule has 0 aliphatic carbocycles. The fourth-order valence-corrected chi connectivity index (χ4v) is 0.455. The maximum atomic E-state index is 11.4. The lowest BCUT2D eigenvalue weighted by atomic mass is 10.4. The molecule has 1 unspecified atom stereocenters. The number of hydrogen-bond acceptors (Lipinski definition) is 2. The van der Waals surface area contributed by atoms with Crippen molar-refractivity contribution < 1.29 is 9.13 Å². The van der Waals surface area contributed by atoms with Gasteiger partial charge in [0.05, 0.1) is 6.10 Å². The van der Waals surface area contributed by atoms with E-state index in [1.54, 1.807) is 7.11 Å². The third kappa shape index (κ3) is 5.73. The van der Waals surface area contributed by atoms with Gasteiger partial charge in [-0.3, -0.25) is 0 Å². The molecule has 1 N–H and O–H groups in total. The maximum absolute atomic E-state index is 11.4. The molecular formula is C6H14FNO. The second kappa shape index (κ2) is 5.98. The van der Waals surface area contributed by atoms with Crippen LogP contribution in [0.1, 0.15) is 6.92 Å². The Hall–Kier alpha value is -0.150. The molecule has 3 heteroatoms. The first-order valence-corrected chi connectivity index (χ1v) is 3.10. The van der Waals surface area contributed by atoms with Crippen LogP contribution in [0.5, 0.6) is 0 Å². The average Bonchev–Trinajstić information content (AvgIpc) is 1.89. The summed E-state index contributed by atoms with van der Waals surface area (Å²) < 4.78 is 16.4. The van der Waals surface area contributed by atoms with Crippen molar-refractivity contribution in [1.82, 2.24) is 5.32 Å². The van der Waals surface area contributed by atoms with E-state index in [1.165, 1.54) is 0 Å². The average molecular weight is 135 g/mol. The van der Waals surface area contributed by atoms with Crippen LogP contribution >= 0.6 is 0 Å². The SMILES string of the molecule is COC(C)CNCCF. The summed E-state index contributed by atoms with van der Waals surface area (Å²) in [7, 11) is 1.64. The molecule has 0 aromatic rings. The Kier molecular flexibility index (Phi) is 5.88. The summed E-state index contributed by atoms with van der Waals surface area (Å²) >= 11 is 0. The quantitative estimate of drug-likeness (QED) is 0.557. The lowest BCUT2D eigenvalue weighted by Crippen LogP contribution is -2.27. The van der Waals surface area contributed by atoms with Gasteiger partial charge < -0.3 is 10.1 Å². The molecule has 0 aliphatic rings. The summed E-state index contributed by atoms with van der Waals surface area (Å²) in [5.74, 6) is 0. The summed E-state index contributed by atoms with van der Waals surface area (Å²) in [6.45, 7) is 2.77. The number of hydrogen-bond donors (Lipinski definition) is 1. The van der Waals surface area contributed by atoms with Crippen LogP contribution in [0.3, 0.4) is 0 Å². The Balaban J connectivity index is 2.88. The fourth-order valence-electron chi connectivity index (χ4n) is 0.455. The molecule has 0 aromatic carbocycles. The maximum Gasteiger partial charge on any atom is 0.102 e. The van der Waals surface area contributed by atoms with Crippen LogP contribution in [0.15, 0.2) is 0 Å². The van der Waals surface area contributed by atoms with Crippen molar-refractivity contribution in [2.45, 2.75) is 13.0 Å². The summed E-state index contributed by atoms with van der Waals surface area (Å²) in [4.78, 5) is 0. The highest BCUT2D eigenvalue weighted by molar-refractivity contribution is 4.52. The third-order valence-electron chi connectivity index (χ3n) is 1.11. The first kappa shape index (κ1) is 8.85. The van der Waals surface area contributed by atoms with E-state index in [2.05, 4.69) is 5.32 Å². The number of ether oxygens (including phenoxy) is 1. The van der Waals surface area contributed by atoms with Crippen molar-refractivity contribution in [1.29, 1.82) is 0 Å². The number of alkyl halides is 1. The Labute approximate surface area is 55.4 Å². The molecule has 0 radical (unpaired) electrons. The van der Waals surface area contributed by atoms with Crippen molar-refractivity contribution in [2.75, 3.05) is 26.9 Å². The predicted molar refractivity (Wildman–Crippen MR) is 35.3 cm³/mol. The van der Waals surface area contributed by atoms with Gasteiger partial charge in [-0.15, -0.1) is 0 Å². The molecule has 0 bridgehead atoms. The molecular weight excluding hydrogens is 121 g/mol. The minimum absolute atomic E-state index is 0.177. The van der Waals surface area contributed by atoms with Crippen LogP contribution in [0.2, 0.25) is 0 Å². The number of rotatable bonds is 5. The normalized spacial score (nSPS) is 13.7. The Morgan fingerprint density at radius 3 is 2.78 bits per heavy atom. The van der Waals surface area contributed by atoms with Gasteiger partial charge in [0.25, 0.3) is 0 Å². The molecule has 1 atom stereocenters. The molecule has 0 saturated carbocycles. The van der Waals surface area contributed by atoms with E-state index in [1.807, 2.05) is 6.92 Å². The van der Waals surface area contributed by atoms with E-state index in [-0.39, 0.29) is 12.8 Å². The highest BCUT2D eigenvalue weighted by Crippen LogP contribution is 1.82.